The summed E-state index contributed by atoms with van der Waals surface area (Å²) in [4.78, 5) is 0. The van der Waals surface area contributed by atoms with Crippen LogP contribution in [0.2, 0.25) is 0 Å². The van der Waals surface area contributed by atoms with Crippen LogP contribution < -0.4 is 5.32 Å². The molecular formula is C13H23NO4. The number of hydrogen-bond donors (Lipinski definition) is 2. The Hall–Kier alpha value is -0.880. The highest BCUT2D eigenvalue weighted by atomic mass is 16.5. The Kier molecular flexibility index (Phi) is 7.68. The van der Waals surface area contributed by atoms with Crippen LogP contribution in [0.3, 0.4) is 0 Å². The number of ether oxygens (including phenoxy) is 2. The van der Waals surface area contributed by atoms with Crippen LogP contribution in [0.4, 0.5) is 0 Å². The maximum Gasteiger partial charge on any atom is 0.120 e. The fourth-order valence-corrected chi connectivity index (χ4v) is 1.49. The van der Waals surface area contributed by atoms with Crippen LogP contribution in [-0.2, 0) is 9.47 Å². The first-order chi connectivity index (χ1) is 8.74. The van der Waals surface area contributed by atoms with Crippen molar-refractivity contribution in [3.8, 4) is 0 Å². The van der Waals surface area contributed by atoms with Crippen molar-refractivity contribution in [1.29, 1.82) is 0 Å². The van der Waals surface area contributed by atoms with Gasteiger partial charge in [0.15, 0.2) is 0 Å². The number of furan rings is 1. The van der Waals surface area contributed by atoms with Gasteiger partial charge in [0.1, 0.15) is 5.76 Å². The first kappa shape index (κ1) is 15.2. The largest absolute Gasteiger partial charge is 0.468 e. The Bertz CT molecular complexity index is 289. The minimum Gasteiger partial charge on any atom is -0.468 e. The number of rotatable bonds is 10. The van der Waals surface area contributed by atoms with Crippen LogP contribution in [-0.4, -0.2) is 44.2 Å². The van der Waals surface area contributed by atoms with Gasteiger partial charge in [-0.3, -0.25) is 0 Å². The number of nitrogens with one attached hydrogen (secondary N) is 1. The average Bonchev–Trinajstić information content (AvgIpc) is 2.89. The summed E-state index contributed by atoms with van der Waals surface area (Å²) in [7, 11) is 0. The molecule has 1 aromatic rings. The Morgan fingerprint density at radius 1 is 1.39 bits per heavy atom. The summed E-state index contributed by atoms with van der Waals surface area (Å²) in [5.41, 5.74) is 0. The highest BCUT2D eigenvalue weighted by molar-refractivity contribution is 5.02. The second-order valence-electron chi connectivity index (χ2n) is 4.07. The lowest BCUT2D eigenvalue weighted by molar-refractivity contribution is 0.00570. The molecule has 2 N–H and O–H groups in total. The standard InChI is InChI=1S/C13H23NO4/c1-3-16-7-8-17-10-12(15)9-14-11(2)13-5-4-6-18-13/h4-6,11-12,14-15H,3,7-10H2,1-2H3/t11-,12?/m0/s1. The zero-order chi connectivity index (χ0) is 13.2. The van der Waals surface area contributed by atoms with Crippen molar-refractivity contribution >= 4 is 0 Å². The molecule has 1 aromatic heterocycles. The predicted molar refractivity (Wildman–Crippen MR) is 68.4 cm³/mol. The molecule has 18 heavy (non-hydrogen) atoms. The molecule has 1 unspecified atom stereocenters. The van der Waals surface area contributed by atoms with E-state index in [-0.39, 0.29) is 6.04 Å². The summed E-state index contributed by atoms with van der Waals surface area (Å²) in [5, 5.41) is 12.9. The van der Waals surface area contributed by atoms with E-state index in [4.69, 9.17) is 13.9 Å². The molecule has 0 radical (unpaired) electrons. The minimum atomic E-state index is -0.524. The number of aliphatic hydroxyl groups excluding tert-OH is 1. The molecule has 0 saturated heterocycles. The summed E-state index contributed by atoms with van der Waals surface area (Å²) in [5.74, 6) is 0.861. The molecule has 0 spiro atoms. The summed E-state index contributed by atoms with van der Waals surface area (Å²) in [6, 6.07) is 3.83. The van der Waals surface area contributed by atoms with Crippen LogP contribution in [0.25, 0.3) is 0 Å². The first-order valence-corrected chi connectivity index (χ1v) is 6.34. The smallest absolute Gasteiger partial charge is 0.120 e. The van der Waals surface area contributed by atoms with Crippen LogP contribution >= 0.6 is 0 Å². The molecule has 5 nitrogen and oxygen atoms in total. The molecule has 0 aromatic carbocycles. The van der Waals surface area contributed by atoms with Crippen LogP contribution in [0.15, 0.2) is 22.8 Å². The topological polar surface area (TPSA) is 63.9 Å². The van der Waals surface area contributed by atoms with Gasteiger partial charge in [-0.25, -0.2) is 0 Å². The van der Waals surface area contributed by atoms with Gasteiger partial charge < -0.3 is 24.3 Å². The molecule has 2 atom stereocenters. The lowest BCUT2D eigenvalue weighted by Gasteiger charge is -2.15. The zero-order valence-corrected chi connectivity index (χ0v) is 11.1. The minimum absolute atomic E-state index is 0.0816. The maximum absolute atomic E-state index is 9.69. The third kappa shape index (κ3) is 6.16. The van der Waals surface area contributed by atoms with Crippen molar-refractivity contribution in [3.63, 3.8) is 0 Å². The van der Waals surface area contributed by atoms with E-state index in [1.807, 2.05) is 26.0 Å². The van der Waals surface area contributed by atoms with E-state index >= 15 is 0 Å². The molecule has 0 bridgehead atoms. The van der Waals surface area contributed by atoms with E-state index < -0.39 is 6.10 Å². The van der Waals surface area contributed by atoms with E-state index in [9.17, 15) is 5.11 Å². The van der Waals surface area contributed by atoms with Crippen molar-refractivity contribution in [3.05, 3.63) is 24.2 Å². The molecule has 104 valence electrons. The van der Waals surface area contributed by atoms with E-state index in [1.165, 1.54) is 0 Å². The highest BCUT2D eigenvalue weighted by Gasteiger charge is 2.10. The molecule has 0 amide bonds. The van der Waals surface area contributed by atoms with Crippen molar-refractivity contribution in [2.24, 2.45) is 0 Å². The van der Waals surface area contributed by atoms with E-state index in [1.54, 1.807) is 6.26 Å². The predicted octanol–water partition coefficient (Wildman–Crippen LogP) is 1.34. The molecule has 0 saturated carbocycles. The van der Waals surface area contributed by atoms with Crippen LogP contribution in [0, 0.1) is 0 Å². The quantitative estimate of drug-likeness (QED) is 0.619. The number of aliphatic hydroxyl groups is 1. The number of hydrogen-bond acceptors (Lipinski definition) is 5. The molecule has 0 fully saturated rings. The fourth-order valence-electron chi connectivity index (χ4n) is 1.49. The second kappa shape index (κ2) is 9.10. The fraction of sp³-hybridized carbons (Fsp3) is 0.692. The van der Waals surface area contributed by atoms with Crippen molar-refractivity contribution < 1.29 is 19.0 Å². The summed E-state index contributed by atoms with van der Waals surface area (Å²) in [6.07, 6.45) is 1.12. The molecule has 5 heteroatoms. The SMILES string of the molecule is CCOCCOCC(O)CN[C@@H](C)c1ccco1. The molecular weight excluding hydrogens is 234 g/mol. The van der Waals surface area contributed by atoms with Gasteiger partial charge in [0.25, 0.3) is 0 Å². The zero-order valence-electron chi connectivity index (χ0n) is 11.1. The highest BCUT2D eigenvalue weighted by Crippen LogP contribution is 2.11. The van der Waals surface area contributed by atoms with Crippen molar-refractivity contribution in [2.45, 2.75) is 26.0 Å². The summed E-state index contributed by atoms with van der Waals surface area (Å²) >= 11 is 0. The van der Waals surface area contributed by atoms with E-state index in [2.05, 4.69) is 5.32 Å². The lowest BCUT2D eigenvalue weighted by atomic mass is 10.2. The molecule has 0 aliphatic carbocycles. The third-order valence-corrected chi connectivity index (χ3v) is 2.52. The Balaban J connectivity index is 2.04. The van der Waals surface area contributed by atoms with Gasteiger partial charge in [0.05, 0.1) is 38.2 Å². The molecule has 0 aliphatic rings. The van der Waals surface area contributed by atoms with Crippen molar-refractivity contribution in [1.82, 2.24) is 5.32 Å². The normalized spacial score (nSPS) is 14.6. The maximum atomic E-state index is 9.69. The molecule has 1 rings (SSSR count). The van der Waals surface area contributed by atoms with Gasteiger partial charge in [0, 0.05) is 13.2 Å². The first-order valence-electron chi connectivity index (χ1n) is 6.34. The van der Waals surface area contributed by atoms with E-state index in [0.717, 1.165) is 5.76 Å². The van der Waals surface area contributed by atoms with Gasteiger partial charge in [-0.1, -0.05) is 0 Å². The Morgan fingerprint density at radius 3 is 2.83 bits per heavy atom. The average molecular weight is 257 g/mol. The van der Waals surface area contributed by atoms with Gasteiger partial charge in [-0.15, -0.1) is 0 Å². The third-order valence-electron chi connectivity index (χ3n) is 2.52. The van der Waals surface area contributed by atoms with Crippen LogP contribution in [0.1, 0.15) is 25.6 Å². The van der Waals surface area contributed by atoms with Gasteiger partial charge in [0.2, 0.25) is 0 Å². The van der Waals surface area contributed by atoms with Crippen molar-refractivity contribution in [2.75, 3.05) is 33.0 Å². The molecule has 0 aliphatic heterocycles. The van der Waals surface area contributed by atoms with Crippen LogP contribution in [0.5, 0.6) is 0 Å². The van der Waals surface area contributed by atoms with E-state index in [0.29, 0.717) is 33.0 Å². The monoisotopic (exact) mass is 257 g/mol. The Morgan fingerprint density at radius 2 is 2.17 bits per heavy atom. The lowest BCUT2D eigenvalue weighted by Crippen LogP contribution is -2.32. The summed E-state index contributed by atoms with van der Waals surface area (Å²) < 4.78 is 15.7. The van der Waals surface area contributed by atoms with Gasteiger partial charge in [-0.2, -0.15) is 0 Å². The van der Waals surface area contributed by atoms with Gasteiger partial charge >= 0.3 is 0 Å². The summed E-state index contributed by atoms with van der Waals surface area (Å²) in [6.45, 7) is 6.48. The molecule has 1 heterocycles. The van der Waals surface area contributed by atoms with Gasteiger partial charge in [-0.05, 0) is 26.0 Å². The second-order valence-corrected chi connectivity index (χ2v) is 4.07. The Labute approximate surface area is 108 Å².